The smallest absolute Gasteiger partial charge is 0.251 e. The summed E-state index contributed by atoms with van der Waals surface area (Å²) in [6.45, 7) is 2.78. The third kappa shape index (κ3) is 2.88. The molecule has 0 saturated heterocycles. The Morgan fingerprint density at radius 3 is 2.96 bits per heavy atom. The van der Waals surface area contributed by atoms with Gasteiger partial charge in [0.25, 0.3) is 5.91 Å². The number of hydrogen-bond donors (Lipinski definition) is 0. The second-order valence-corrected chi connectivity index (χ2v) is 6.54. The van der Waals surface area contributed by atoms with Crippen LogP contribution in [-0.2, 0) is 17.6 Å². The zero-order valence-corrected chi connectivity index (χ0v) is 14.5. The van der Waals surface area contributed by atoms with E-state index in [1.165, 1.54) is 5.56 Å². The van der Waals surface area contributed by atoms with Gasteiger partial charge in [0.1, 0.15) is 17.6 Å². The normalized spacial score (nSPS) is 18.2. The minimum atomic E-state index is -0.0122. The predicted molar refractivity (Wildman–Crippen MR) is 98.3 cm³/mol. The number of carbonyl (C=O) groups excluding carboxylic acids is 1. The first-order valence-electron chi connectivity index (χ1n) is 8.61. The molecule has 0 radical (unpaired) electrons. The number of para-hydroxylation sites is 1. The SMILES string of the molecule is COc1cc2c(cc1/C=C/C(=O)N1CCc3ccccc31)O[C@@H](C)C2. The molecule has 0 fully saturated rings. The fourth-order valence-corrected chi connectivity index (χ4v) is 3.58. The number of benzene rings is 2. The molecule has 0 N–H and O–H groups in total. The van der Waals surface area contributed by atoms with Crippen LogP contribution < -0.4 is 14.4 Å². The molecule has 2 aromatic rings. The van der Waals surface area contributed by atoms with Gasteiger partial charge in [-0.3, -0.25) is 4.79 Å². The first-order chi connectivity index (χ1) is 12.2. The van der Waals surface area contributed by atoms with Crippen LogP contribution in [0.25, 0.3) is 6.08 Å². The molecule has 0 aromatic heterocycles. The minimum absolute atomic E-state index is 0.0122. The summed E-state index contributed by atoms with van der Waals surface area (Å²) < 4.78 is 11.3. The predicted octanol–water partition coefficient (Wildman–Crippen LogP) is 3.62. The Morgan fingerprint density at radius 1 is 1.28 bits per heavy atom. The highest BCUT2D eigenvalue weighted by molar-refractivity contribution is 6.05. The highest BCUT2D eigenvalue weighted by atomic mass is 16.5. The average Bonchev–Trinajstić information content (AvgIpc) is 3.20. The summed E-state index contributed by atoms with van der Waals surface area (Å²) in [7, 11) is 1.65. The van der Waals surface area contributed by atoms with Crippen LogP contribution in [0.15, 0.2) is 42.5 Å². The number of rotatable bonds is 3. The van der Waals surface area contributed by atoms with Crippen molar-refractivity contribution in [2.75, 3.05) is 18.6 Å². The molecule has 0 aliphatic carbocycles. The van der Waals surface area contributed by atoms with Crippen LogP contribution in [-0.4, -0.2) is 25.7 Å². The number of amides is 1. The zero-order chi connectivity index (χ0) is 17.4. The molecule has 2 aliphatic heterocycles. The number of anilines is 1. The van der Waals surface area contributed by atoms with Gasteiger partial charge in [-0.2, -0.15) is 0 Å². The van der Waals surface area contributed by atoms with Crippen molar-refractivity contribution >= 4 is 17.7 Å². The monoisotopic (exact) mass is 335 g/mol. The summed E-state index contributed by atoms with van der Waals surface area (Å²) in [4.78, 5) is 14.5. The summed E-state index contributed by atoms with van der Waals surface area (Å²) in [6.07, 6.45) is 5.41. The quantitative estimate of drug-likeness (QED) is 0.804. The summed E-state index contributed by atoms with van der Waals surface area (Å²) in [6, 6.07) is 12.0. The lowest BCUT2D eigenvalue weighted by Crippen LogP contribution is -2.26. The fourth-order valence-electron chi connectivity index (χ4n) is 3.58. The minimum Gasteiger partial charge on any atom is -0.496 e. The van der Waals surface area contributed by atoms with Gasteiger partial charge in [0.05, 0.1) is 7.11 Å². The third-order valence-corrected chi connectivity index (χ3v) is 4.81. The van der Waals surface area contributed by atoms with Gasteiger partial charge in [-0.15, -0.1) is 0 Å². The lowest BCUT2D eigenvalue weighted by Gasteiger charge is -2.15. The Morgan fingerprint density at radius 2 is 2.12 bits per heavy atom. The van der Waals surface area contributed by atoms with Gasteiger partial charge >= 0.3 is 0 Å². The molecule has 4 nitrogen and oxygen atoms in total. The standard InChI is InChI=1S/C21H21NO3/c1-14-11-17-13-19(24-2)16(12-20(17)25-14)7-8-21(23)22-10-9-15-5-3-4-6-18(15)22/h3-8,12-14H,9-11H2,1-2H3/b8-7+/t14-/m0/s1. The van der Waals surface area contributed by atoms with Crippen molar-refractivity contribution in [3.05, 3.63) is 59.2 Å². The third-order valence-electron chi connectivity index (χ3n) is 4.81. The summed E-state index contributed by atoms with van der Waals surface area (Å²) in [5, 5.41) is 0. The molecule has 128 valence electrons. The van der Waals surface area contributed by atoms with Gasteiger partial charge in [0, 0.05) is 35.9 Å². The van der Waals surface area contributed by atoms with Crippen LogP contribution in [0.3, 0.4) is 0 Å². The van der Waals surface area contributed by atoms with Gasteiger partial charge in [-0.25, -0.2) is 0 Å². The summed E-state index contributed by atoms with van der Waals surface area (Å²) in [5.74, 6) is 1.64. The van der Waals surface area contributed by atoms with Crippen LogP contribution in [0, 0.1) is 0 Å². The highest BCUT2D eigenvalue weighted by Gasteiger charge is 2.23. The van der Waals surface area contributed by atoms with Crippen molar-refractivity contribution in [2.45, 2.75) is 25.9 Å². The molecule has 0 spiro atoms. The molecular formula is C21H21NO3. The van der Waals surface area contributed by atoms with Crippen molar-refractivity contribution in [2.24, 2.45) is 0 Å². The number of fused-ring (bicyclic) bond motifs is 2. The Hall–Kier alpha value is -2.75. The van der Waals surface area contributed by atoms with E-state index in [1.54, 1.807) is 13.2 Å². The van der Waals surface area contributed by atoms with E-state index in [0.29, 0.717) is 0 Å². The number of ether oxygens (including phenoxy) is 2. The lowest BCUT2D eigenvalue weighted by molar-refractivity contribution is -0.114. The van der Waals surface area contributed by atoms with E-state index >= 15 is 0 Å². The largest absolute Gasteiger partial charge is 0.496 e. The molecule has 0 unspecified atom stereocenters. The Labute approximate surface area is 147 Å². The Bertz CT molecular complexity index is 856. The van der Waals surface area contributed by atoms with Crippen LogP contribution in [0.1, 0.15) is 23.6 Å². The topological polar surface area (TPSA) is 38.8 Å². The van der Waals surface area contributed by atoms with Crippen molar-refractivity contribution in [3.63, 3.8) is 0 Å². The van der Waals surface area contributed by atoms with E-state index < -0.39 is 0 Å². The van der Waals surface area contributed by atoms with E-state index in [-0.39, 0.29) is 12.0 Å². The zero-order valence-electron chi connectivity index (χ0n) is 14.5. The van der Waals surface area contributed by atoms with Gasteiger partial charge < -0.3 is 14.4 Å². The molecule has 1 atom stereocenters. The van der Waals surface area contributed by atoms with Crippen LogP contribution in [0.4, 0.5) is 5.69 Å². The maximum Gasteiger partial charge on any atom is 0.251 e. The van der Waals surface area contributed by atoms with Crippen molar-refractivity contribution in [3.8, 4) is 11.5 Å². The van der Waals surface area contributed by atoms with Crippen LogP contribution in [0.2, 0.25) is 0 Å². The molecule has 0 bridgehead atoms. The van der Waals surface area contributed by atoms with E-state index in [0.717, 1.165) is 47.7 Å². The van der Waals surface area contributed by atoms with Crippen molar-refractivity contribution < 1.29 is 14.3 Å². The molecule has 2 aliphatic rings. The second-order valence-electron chi connectivity index (χ2n) is 6.54. The molecular weight excluding hydrogens is 314 g/mol. The Kier molecular flexibility index (Phi) is 3.96. The van der Waals surface area contributed by atoms with E-state index in [9.17, 15) is 4.79 Å². The highest BCUT2D eigenvalue weighted by Crippen LogP contribution is 2.35. The number of hydrogen-bond acceptors (Lipinski definition) is 3. The molecule has 1 amide bonds. The van der Waals surface area contributed by atoms with E-state index in [1.807, 2.05) is 41.3 Å². The van der Waals surface area contributed by atoms with Gasteiger partial charge in [-0.1, -0.05) is 18.2 Å². The first kappa shape index (κ1) is 15.8. The molecule has 0 saturated carbocycles. The van der Waals surface area contributed by atoms with Gasteiger partial charge in [0.15, 0.2) is 0 Å². The summed E-state index contributed by atoms with van der Waals surface area (Å²) in [5.41, 5.74) is 4.24. The van der Waals surface area contributed by atoms with Gasteiger partial charge in [0.2, 0.25) is 0 Å². The molecule has 2 heterocycles. The van der Waals surface area contributed by atoms with E-state index in [4.69, 9.17) is 9.47 Å². The average molecular weight is 335 g/mol. The van der Waals surface area contributed by atoms with Crippen LogP contribution in [0.5, 0.6) is 11.5 Å². The molecule has 25 heavy (non-hydrogen) atoms. The number of methoxy groups -OCH3 is 1. The van der Waals surface area contributed by atoms with Gasteiger partial charge in [-0.05, 0) is 43.2 Å². The maximum atomic E-state index is 12.6. The molecule has 2 aromatic carbocycles. The Balaban J connectivity index is 1.58. The van der Waals surface area contributed by atoms with Crippen LogP contribution >= 0.6 is 0 Å². The van der Waals surface area contributed by atoms with Crippen molar-refractivity contribution in [1.82, 2.24) is 0 Å². The number of nitrogens with zero attached hydrogens (tertiary/aromatic N) is 1. The van der Waals surface area contributed by atoms with Crippen molar-refractivity contribution in [1.29, 1.82) is 0 Å². The first-order valence-corrected chi connectivity index (χ1v) is 8.61. The lowest BCUT2D eigenvalue weighted by atomic mass is 10.1. The molecule has 4 rings (SSSR count). The van der Waals surface area contributed by atoms with E-state index in [2.05, 4.69) is 13.0 Å². The molecule has 4 heteroatoms. The number of carbonyl (C=O) groups is 1. The fraction of sp³-hybridized carbons (Fsp3) is 0.286. The second kappa shape index (κ2) is 6.28. The summed E-state index contributed by atoms with van der Waals surface area (Å²) >= 11 is 0. The maximum absolute atomic E-state index is 12.6.